The van der Waals surface area contributed by atoms with E-state index < -0.39 is 30.3 Å². The Morgan fingerprint density at radius 2 is 1.62 bits per heavy atom. The second-order valence-electron chi connectivity index (χ2n) is 17.5. The van der Waals surface area contributed by atoms with Crippen molar-refractivity contribution in [3.63, 3.8) is 0 Å². The van der Waals surface area contributed by atoms with Crippen LogP contribution in [-0.2, 0) is 30.4 Å². The molecule has 0 unspecified atom stereocenters. The smallest absolute Gasteiger partial charge is 0.407 e. The first kappa shape index (κ1) is 44.9. The van der Waals surface area contributed by atoms with Gasteiger partial charge in [-0.3, -0.25) is 9.59 Å². The molecule has 16 nitrogen and oxygen atoms in total. The molecule has 2 aliphatic heterocycles. The van der Waals surface area contributed by atoms with Crippen LogP contribution in [0.5, 0.6) is 5.75 Å². The quantitative estimate of drug-likeness (QED) is 0.0862. The van der Waals surface area contributed by atoms with Gasteiger partial charge in [0.05, 0.1) is 55.8 Å². The van der Waals surface area contributed by atoms with E-state index in [1.165, 1.54) is 14.2 Å². The molecule has 2 aliphatic rings. The number of fused-ring (bicyclic) bond motifs is 6. The molecule has 0 bridgehead atoms. The van der Waals surface area contributed by atoms with E-state index in [1.54, 1.807) is 18.2 Å². The number of carbonyl (C=O) groups is 4. The van der Waals surface area contributed by atoms with Crippen molar-refractivity contribution >= 4 is 45.8 Å². The lowest BCUT2D eigenvalue weighted by Crippen LogP contribution is -2.54. The monoisotopic (exact) mass is 864 g/mol. The fourth-order valence-corrected chi connectivity index (χ4v) is 8.97. The van der Waals surface area contributed by atoms with Crippen molar-refractivity contribution in [1.82, 2.24) is 40.4 Å². The highest BCUT2D eigenvalue weighted by atomic mass is 16.5. The van der Waals surface area contributed by atoms with Gasteiger partial charge in [-0.2, -0.15) is 0 Å². The number of ether oxygens (including phenoxy) is 4. The minimum atomic E-state index is -0.765. The lowest BCUT2D eigenvalue weighted by atomic mass is 9.92. The number of aromatic nitrogens is 4. The first-order valence-electron chi connectivity index (χ1n) is 21.8. The van der Waals surface area contributed by atoms with Crippen LogP contribution in [0.2, 0.25) is 0 Å². The van der Waals surface area contributed by atoms with Crippen molar-refractivity contribution < 1.29 is 38.1 Å². The van der Waals surface area contributed by atoms with Gasteiger partial charge in [0.2, 0.25) is 11.8 Å². The molecular formula is C47H60N8O8. The molecule has 63 heavy (non-hydrogen) atoms. The Bertz CT molecular complexity index is 2500. The molecule has 5 aromatic rings. The van der Waals surface area contributed by atoms with Crippen LogP contribution in [0.1, 0.15) is 90.6 Å². The highest BCUT2D eigenvalue weighted by Crippen LogP contribution is 2.43. The predicted molar refractivity (Wildman–Crippen MR) is 239 cm³/mol. The van der Waals surface area contributed by atoms with E-state index in [0.717, 1.165) is 61.9 Å². The number of nitrogens with zero attached hydrogens (tertiary/aromatic N) is 4. The molecule has 16 heteroatoms. The van der Waals surface area contributed by atoms with Gasteiger partial charge in [0.25, 0.3) is 0 Å². The first-order chi connectivity index (χ1) is 30.2. The Morgan fingerprint density at radius 1 is 0.905 bits per heavy atom. The third kappa shape index (κ3) is 8.90. The number of imidazole rings is 2. The van der Waals surface area contributed by atoms with Gasteiger partial charge in [0.1, 0.15) is 36.1 Å². The van der Waals surface area contributed by atoms with E-state index >= 15 is 0 Å². The lowest BCUT2D eigenvalue weighted by Gasteiger charge is -2.37. The molecule has 4 amide bonds. The number of methoxy groups -OCH3 is 3. The second kappa shape index (κ2) is 18.7. The van der Waals surface area contributed by atoms with Crippen molar-refractivity contribution in [3.8, 4) is 28.1 Å². The number of alkyl carbamates (subject to hydrolysis) is 2. The van der Waals surface area contributed by atoms with Crippen LogP contribution < -0.4 is 15.4 Å². The standard InChI is InChI=1S/C47H60N8O8/c1-11-26(6)55(45(57)40(25(4)5)53-47(59)62-10)27(7)42-48-20-36(50-42)30-12-14-32-31(17-30)23-63-38-19-33-29(18-34(32)38)13-15-35-41(33)51-43(49-35)37-16-28(22-60-8)21-54(37)44(56)39(24(2)3)52-46(58)61-9/h12-15,17-20,24-28,37,39-40H,11,16,21-23H2,1-10H3,(H,48,50)(H,49,51)(H,52,58)(H,53,59)/t26-,27-,28-,37-,39-,40-/m0/s1. The summed E-state index contributed by atoms with van der Waals surface area (Å²) in [7, 11) is 4.23. The predicted octanol–water partition coefficient (Wildman–Crippen LogP) is 7.65. The molecule has 0 radical (unpaired) electrons. The zero-order valence-electron chi connectivity index (χ0n) is 37.8. The second-order valence-corrected chi connectivity index (χ2v) is 17.5. The number of H-pyrrole nitrogens is 2. The van der Waals surface area contributed by atoms with E-state index in [9.17, 15) is 19.2 Å². The van der Waals surface area contributed by atoms with Crippen LogP contribution >= 0.6 is 0 Å². The van der Waals surface area contributed by atoms with Crippen molar-refractivity contribution in [2.24, 2.45) is 17.8 Å². The van der Waals surface area contributed by atoms with Crippen LogP contribution in [0, 0.1) is 17.8 Å². The SMILES string of the molecule is CC[C@H](C)N(C(=O)[C@@H](NC(=O)OC)C(C)C)[C@@H](C)c1ncc(-c2ccc3c(c2)COc2cc4c(ccc5[nH]c([C@@H]6C[C@H](COC)CN6C(=O)[C@@H](NC(=O)OC)C(C)C)nc54)cc2-3)[nH]1. The van der Waals surface area contributed by atoms with Gasteiger partial charge in [-0.1, -0.05) is 52.8 Å². The fraction of sp³-hybridized carbons (Fsp3) is 0.489. The Morgan fingerprint density at radius 3 is 2.29 bits per heavy atom. The summed E-state index contributed by atoms with van der Waals surface area (Å²) in [4.78, 5) is 72.9. The average Bonchev–Trinajstić information content (AvgIpc) is 4.05. The molecule has 0 spiro atoms. The molecular weight excluding hydrogens is 805 g/mol. The normalized spacial score (nSPS) is 17.7. The van der Waals surface area contributed by atoms with Crippen LogP contribution in [0.4, 0.5) is 9.59 Å². The molecule has 1 fully saturated rings. The number of carbonyl (C=O) groups excluding carboxylic acids is 4. The highest BCUT2D eigenvalue weighted by molar-refractivity contribution is 6.07. The summed E-state index contributed by atoms with van der Waals surface area (Å²) in [6.45, 7) is 14.9. The van der Waals surface area contributed by atoms with Gasteiger partial charge in [0, 0.05) is 36.6 Å². The number of benzene rings is 3. The fourth-order valence-electron chi connectivity index (χ4n) is 8.97. The maximum Gasteiger partial charge on any atom is 0.407 e. The zero-order chi connectivity index (χ0) is 45.3. The van der Waals surface area contributed by atoms with E-state index in [0.29, 0.717) is 37.8 Å². The minimum Gasteiger partial charge on any atom is -0.488 e. The molecule has 2 aromatic heterocycles. The number of likely N-dealkylation sites (tertiary alicyclic amines) is 1. The van der Waals surface area contributed by atoms with Gasteiger partial charge >= 0.3 is 12.2 Å². The summed E-state index contributed by atoms with van der Waals surface area (Å²) in [5.74, 6) is 1.43. The van der Waals surface area contributed by atoms with E-state index in [2.05, 4.69) is 50.9 Å². The van der Waals surface area contributed by atoms with Gasteiger partial charge in [0.15, 0.2) is 0 Å². The van der Waals surface area contributed by atoms with Gasteiger partial charge in [-0.15, -0.1) is 0 Å². The van der Waals surface area contributed by atoms with Crippen molar-refractivity contribution in [3.05, 3.63) is 65.9 Å². The average molecular weight is 865 g/mol. The van der Waals surface area contributed by atoms with Crippen LogP contribution in [0.25, 0.3) is 44.2 Å². The van der Waals surface area contributed by atoms with Crippen LogP contribution in [-0.4, -0.2) is 106 Å². The minimum absolute atomic E-state index is 0.0937. The van der Waals surface area contributed by atoms with Gasteiger partial charge in [-0.25, -0.2) is 19.6 Å². The van der Waals surface area contributed by atoms with Crippen molar-refractivity contribution in [2.75, 3.05) is 34.5 Å². The maximum absolute atomic E-state index is 14.1. The first-order valence-corrected chi connectivity index (χ1v) is 21.8. The molecule has 4 heterocycles. The number of nitrogens with one attached hydrogen (secondary N) is 4. The molecule has 3 aromatic carbocycles. The Balaban J connectivity index is 1.15. The summed E-state index contributed by atoms with van der Waals surface area (Å²) < 4.78 is 21.6. The van der Waals surface area contributed by atoms with E-state index in [4.69, 9.17) is 28.9 Å². The number of rotatable bonds is 14. The third-order valence-corrected chi connectivity index (χ3v) is 12.6. The molecule has 0 saturated carbocycles. The summed E-state index contributed by atoms with van der Waals surface area (Å²) in [6, 6.07) is 12.2. The molecule has 1 saturated heterocycles. The summed E-state index contributed by atoms with van der Waals surface area (Å²) in [5.41, 5.74) is 6.42. The topological polar surface area (TPSA) is 193 Å². The Hall–Kier alpha value is -6.16. The summed E-state index contributed by atoms with van der Waals surface area (Å²) >= 11 is 0. The maximum atomic E-state index is 14.1. The van der Waals surface area contributed by atoms with Crippen LogP contribution in [0.15, 0.2) is 48.7 Å². The largest absolute Gasteiger partial charge is 0.488 e. The molecule has 4 N–H and O–H groups in total. The van der Waals surface area contributed by atoms with E-state index in [1.807, 2.05) is 65.5 Å². The van der Waals surface area contributed by atoms with Gasteiger partial charge in [-0.05, 0) is 84.9 Å². The lowest BCUT2D eigenvalue weighted by molar-refractivity contribution is -0.139. The van der Waals surface area contributed by atoms with Crippen molar-refractivity contribution in [1.29, 1.82) is 0 Å². The number of hydrogen-bond donors (Lipinski definition) is 4. The number of hydrogen-bond acceptors (Lipinski definition) is 10. The van der Waals surface area contributed by atoms with Crippen molar-refractivity contribution in [2.45, 2.75) is 98.1 Å². The Labute approximate surface area is 367 Å². The molecule has 6 atom stereocenters. The number of amides is 4. The van der Waals surface area contributed by atoms with Crippen LogP contribution in [0.3, 0.4) is 0 Å². The molecule has 7 rings (SSSR count). The number of aromatic amines is 2. The molecule has 0 aliphatic carbocycles. The summed E-state index contributed by atoms with van der Waals surface area (Å²) in [5, 5.41) is 7.37. The van der Waals surface area contributed by atoms with Gasteiger partial charge < -0.3 is 49.3 Å². The molecule has 336 valence electrons. The highest BCUT2D eigenvalue weighted by Gasteiger charge is 2.42. The third-order valence-electron chi connectivity index (χ3n) is 12.6. The van der Waals surface area contributed by atoms with E-state index in [-0.39, 0.29) is 41.7 Å². The summed E-state index contributed by atoms with van der Waals surface area (Å²) in [6.07, 6.45) is 1.86. The Kier molecular flexibility index (Phi) is 13.3. The zero-order valence-corrected chi connectivity index (χ0v) is 37.8.